The first-order valence-corrected chi connectivity index (χ1v) is 8.75. The third-order valence-electron chi connectivity index (χ3n) is 4.11. The maximum absolute atomic E-state index is 12.9. The van der Waals surface area contributed by atoms with E-state index in [2.05, 4.69) is 0 Å². The van der Waals surface area contributed by atoms with Crippen LogP contribution in [0.15, 0.2) is 12.1 Å². The van der Waals surface area contributed by atoms with Crippen LogP contribution in [0.5, 0.6) is 11.5 Å². The number of hydrogen-bond donors (Lipinski definition) is 0. The fraction of sp³-hybridized carbons (Fsp3) is 0.467. The van der Waals surface area contributed by atoms with Crippen LogP contribution in [-0.4, -0.2) is 51.0 Å². The molecule has 0 bridgehead atoms. The molecular weight excluding hydrogens is 324 g/mol. The number of carbonyl (C=O) groups excluding carboxylic acids is 2. The van der Waals surface area contributed by atoms with Gasteiger partial charge < -0.3 is 14.2 Å². The lowest BCUT2D eigenvalue weighted by atomic mass is 9.87. The van der Waals surface area contributed by atoms with Crippen molar-refractivity contribution in [3.05, 3.63) is 23.3 Å². The average Bonchev–Trinajstić information content (AvgIpc) is 3.29. The predicted octanol–water partition coefficient (Wildman–Crippen LogP) is 1.00. The van der Waals surface area contributed by atoms with Gasteiger partial charge in [0.05, 0.1) is 31.1 Å². The van der Waals surface area contributed by atoms with E-state index in [0.717, 1.165) is 0 Å². The van der Waals surface area contributed by atoms with Crippen LogP contribution in [0.4, 0.5) is 0 Å². The standard InChI is InChI=1S/C15H16O7S/c1-4-7-23(18,19)15-13(17)11-9(21-3)6-5-8(20-2)10(11)12(16)14(15)22-15/h5-6,14H,4,7H2,1-3H3. The summed E-state index contributed by atoms with van der Waals surface area (Å²) < 4.78 is 40.5. The zero-order valence-corrected chi connectivity index (χ0v) is 13.7. The molecule has 23 heavy (non-hydrogen) atoms. The number of rotatable bonds is 5. The zero-order valence-electron chi connectivity index (χ0n) is 12.9. The third kappa shape index (κ3) is 1.88. The van der Waals surface area contributed by atoms with E-state index in [1.807, 2.05) is 0 Å². The summed E-state index contributed by atoms with van der Waals surface area (Å²) in [6.07, 6.45) is -0.982. The smallest absolute Gasteiger partial charge is 0.267 e. The fourth-order valence-electron chi connectivity index (χ4n) is 3.02. The monoisotopic (exact) mass is 340 g/mol. The maximum atomic E-state index is 12.9. The van der Waals surface area contributed by atoms with Crippen LogP contribution in [0.2, 0.25) is 0 Å². The number of ether oxygens (including phenoxy) is 3. The van der Waals surface area contributed by atoms with Crippen molar-refractivity contribution in [1.82, 2.24) is 0 Å². The Morgan fingerprint density at radius 2 is 1.70 bits per heavy atom. The van der Waals surface area contributed by atoms with Gasteiger partial charge >= 0.3 is 0 Å². The lowest BCUT2D eigenvalue weighted by Crippen LogP contribution is -2.44. The minimum Gasteiger partial charge on any atom is -0.496 e. The van der Waals surface area contributed by atoms with E-state index < -0.39 is 32.4 Å². The lowest BCUT2D eigenvalue weighted by molar-refractivity contribution is 0.0902. The molecule has 0 aromatic heterocycles. The minimum atomic E-state index is -3.92. The molecule has 1 saturated heterocycles. The highest BCUT2D eigenvalue weighted by Crippen LogP contribution is 2.53. The summed E-state index contributed by atoms with van der Waals surface area (Å²) in [6.45, 7) is 1.68. The van der Waals surface area contributed by atoms with E-state index >= 15 is 0 Å². The molecule has 1 fully saturated rings. The van der Waals surface area contributed by atoms with Gasteiger partial charge in [-0.1, -0.05) is 6.92 Å². The first-order valence-electron chi connectivity index (χ1n) is 7.09. The average molecular weight is 340 g/mol. The summed E-state index contributed by atoms with van der Waals surface area (Å²) >= 11 is 0. The first kappa shape index (κ1) is 15.9. The van der Waals surface area contributed by atoms with Crippen LogP contribution in [0, 0.1) is 0 Å². The number of hydrogen-bond acceptors (Lipinski definition) is 7. The molecule has 1 aliphatic heterocycles. The van der Waals surface area contributed by atoms with Crippen LogP contribution < -0.4 is 9.47 Å². The number of fused-ring (bicyclic) bond motifs is 2. The van der Waals surface area contributed by atoms with E-state index in [4.69, 9.17) is 14.2 Å². The summed E-state index contributed by atoms with van der Waals surface area (Å²) in [5, 5.41) is 0. The molecule has 3 rings (SSSR count). The van der Waals surface area contributed by atoms with Crippen LogP contribution in [0.1, 0.15) is 34.1 Å². The summed E-state index contributed by atoms with van der Waals surface area (Å²) in [5.41, 5.74) is -0.0769. The summed E-state index contributed by atoms with van der Waals surface area (Å²) in [4.78, 5) is 23.4. The Kier molecular flexibility index (Phi) is 3.49. The third-order valence-corrected chi connectivity index (χ3v) is 6.48. The quantitative estimate of drug-likeness (QED) is 0.737. The van der Waals surface area contributed by atoms with Crippen molar-refractivity contribution in [3.8, 4) is 11.5 Å². The van der Waals surface area contributed by atoms with E-state index in [9.17, 15) is 18.0 Å². The molecule has 7 nitrogen and oxygen atoms in total. The van der Waals surface area contributed by atoms with Gasteiger partial charge in [0, 0.05) is 0 Å². The molecule has 1 heterocycles. The van der Waals surface area contributed by atoms with E-state index in [-0.39, 0.29) is 28.4 Å². The molecule has 0 amide bonds. The minimum absolute atomic E-state index is 0.0154. The molecule has 0 saturated carbocycles. The number of carbonyl (C=O) groups is 2. The number of epoxide rings is 1. The Morgan fingerprint density at radius 1 is 1.13 bits per heavy atom. The molecule has 2 unspecified atom stereocenters. The highest BCUT2D eigenvalue weighted by molar-refractivity contribution is 7.93. The number of Topliss-reactive ketones (excluding diaryl/α,β-unsaturated/α-hetero) is 2. The molecule has 124 valence electrons. The second kappa shape index (κ2) is 5.04. The first-order chi connectivity index (χ1) is 10.9. The van der Waals surface area contributed by atoms with Crippen molar-refractivity contribution in [1.29, 1.82) is 0 Å². The molecule has 0 radical (unpaired) electrons. The number of sulfone groups is 1. The largest absolute Gasteiger partial charge is 0.496 e. The number of methoxy groups -OCH3 is 2. The topological polar surface area (TPSA) is 99.3 Å². The molecule has 2 aliphatic rings. The number of benzene rings is 1. The molecule has 0 spiro atoms. The van der Waals surface area contributed by atoms with Crippen molar-refractivity contribution in [2.45, 2.75) is 24.4 Å². The maximum Gasteiger partial charge on any atom is 0.267 e. The van der Waals surface area contributed by atoms with Gasteiger partial charge in [0.25, 0.3) is 4.93 Å². The summed E-state index contributed by atoms with van der Waals surface area (Å²) in [7, 11) is -1.21. The predicted molar refractivity (Wildman–Crippen MR) is 79.9 cm³/mol. The second-order valence-electron chi connectivity index (χ2n) is 5.40. The van der Waals surface area contributed by atoms with Crippen molar-refractivity contribution >= 4 is 21.4 Å². The SMILES string of the molecule is CCCS(=O)(=O)C12OC1C(=O)c1c(OC)ccc(OC)c1C2=O. The van der Waals surface area contributed by atoms with Crippen LogP contribution in [0.3, 0.4) is 0 Å². The fourth-order valence-corrected chi connectivity index (χ4v) is 4.92. The van der Waals surface area contributed by atoms with Crippen molar-refractivity contribution in [3.63, 3.8) is 0 Å². The Bertz CT molecular complexity index is 811. The van der Waals surface area contributed by atoms with Gasteiger partial charge in [0.15, 0.2) is 15.9 Å². The van der Waals surface area contributed by atoms with Crippen molar-refractivity contribution in [2.24, 2.45) is 0 Å². The van der Waals surface area contributed by atoms with Crippen molar-refractivity contribution < 1.29 is 32.2 Å². The highest BCUT2D eigenvalue weighted by Gasteiger charge is 2.77. The van der Waals surface area contributed by atoms with Gasteiger partial charge in [-0.25, -0.2) is 8.42 Å². The van der Waals surface area contributed by atoms with Crippen LogP contribution in [-0.2, 0) is 14.6 Å². The molecule has 1 aromatic carbocycles. The normalized spacial score (nSPS) is 25.6. The summed E-state index contributed by atoms with van der Waals surface area (Å²) in [5.74, 6) is -1.25. The van der Waals surface area contributed by atoms with Gasteiger partial charge in [0.1, 0.15) is 11.5 Å². The van der Waals surface area contributed by atoms with Crippen LogP contribution in [0.25, 0.3) is 0 Å². The van der Waals surface area contributed by atoms with Gasteiger partial charge in [-0.05, 0) is 18.6 Å². The Balaban J connectivity index is 2.25. The lowest BCUT2D eigenvalue weighted by Gasteiger charge is -2.22. The second-order valence-corrected chi connectivity index (χ2v) is 7.64. The Morgan fingerprint density at radius 3 is 2.22 bits per heavy atom. The number of ketones is 2. The molecule has 8 heteroatoms. The molecule has 1 aromatic rings. The van der Waals surface area contributed by atoms with Gasteiger partial charge in [0.2, 0.25) is 11.6 Å². The van der Waals surface area contributed by atoms with E-state index in [0.29, 0.717) is 6.42 Å². The molecular formula is C15H16O7S. The van der Waals surface area contributed by atoms with E-state index in [1.165, 1.54) is 26.4 Å². The Hall–Kier alpha value is -1.93. The van der Waals surface area contributed by atoms with Gasteiger partial charge in [-0.2, -0.15) is 0 Å². The van der Waals surface area contributed by atoms with Crippen LogP contribution >= 0.6 is 0 Å². The van der Waals surface area contributed by atoms with Gasteiger partial charge in [-0.3, -0.25) is 9.59 Å². The summed E-state index contributed by atoms with van der Waals surface area (Å²) in [6, 6.07) is 2.96. The molecule has 0 N–H and O–H groups in total. The zero-order chi connectivity index (χ0) is 17.0. The molecule has 1 aliphatic carbocycles. The Labute approximate surface area is 133 Å². The highest BCUT2D eigenvalue weighted by atomic mass is 32.2. The molecule has 2 atom stereocenters. The van der Waals surface area contributed by atoms with Gasteiger partial charge in [-0.15, -0.1) is 0 Å². The van der Waals surface area contributed by atoms with E-state index in [1.54, 1.807) is 6.92 Å². The van der Waals surface area contributed by atoms with Crippen molar-refractivity contribution in [2.75, 3.05) is 20.0 Å².